The molecule has 0 heterocycles. The molecule has 0 radical (unpaired) electrons. The Labute approximate surface area is 74.9 Å². The summed E-state index contributed by atoms with van der Waals surface area (Å²) in [7, 11) is 0. The summed E-state index contributed by atoms with van der Waals surface area (Å²) in [6.45, 7) is 6.41. The molecule has 1 rings (SSSR count). The molecule has 0 aromatic heterocycles. The highest BCUT2D eigenvalue weighted by atomic mass is 14.0. The molecule has 0 heteroatoms. The standard InChI is InChI=1S/C12H16/c1-4-5-9-12-10(2)7-6-8-11(12)3/h4-8H,9H2,1-3H3/b5-4-. The molecule has 0 bridgehead atoms. The summed E-state index contributed by atoms with van der Waals surface area (Å²) in [6.07, 6.45) is 5.37. The maximum absolute atomic E-state index is 2.20. The Morgan fingerprint density at radius 1 is 1.17 bits per heavy atom. The third-order valence-electron chi connectivity index (χ3n) is 2.20. The van der Waals surface area contributed by atoms with Crippen LogP contribution in [0.1, 0.15) is 23.6 Å². The first-order valence-electron chi connectivity index (χ1n) is 4.42. The van der Waals surface area contributed by atoms with Gasteiger partial charge in [0.05, 0.1) is 0 Å². The second-order valence-corrected chi connectivity index (χ2v) is 3.14. The van der Waals surface area contributed by atoms with E-state index in [0.717, 1.165) is 6.42 Å². The molecule has 1 aromatic rings. The Morgan fingerprint density at radius 2 is 1.75 bits per heavy atom. The lowest BCUT2D eigenvalue weighted by molar-refractivity contribution is 1.16. The largest absolute Gasteiger partial charge is 0.0913 e. The van der Waals surface area contributed by atoms with E-state index in [-0.39, 0.29) is 0 Å². The predicted molar refractivity (Wildman–Crippen MR) is 54.4 cm³/mol. The van der Waals surface area contributed by atoms with Crippen molar-refractivity contribution in [2.75, 3.05) is 0 Å². The van der Waals surface area contributed by atoms with Crippen LogP contribution in [-0.2, 0) is 6.42 Å². The quantitative estimate of drug-likeness (QED) is 0.581. The van der Waals surface area contributed by atoms with Gasteiger partial charge >= 0.3 is 0 Å². The molecule has 0 aliphatic carbocycles. The highest BCUT2D eigenvalue weighted by Crippen LogP contribution is 2.13. The molecule has 64 valence electrons. The lowest BCUT2D eigenvalue weighted by Crippen LogP contribution is -1.90. The molecule has 0 unspecified atom stereocenters. The molecule has 1 aromatic carbocycles. The lowest BCUT2D eigenvalue weighted by Gasteiger charge is -2.05. The second-order valence-electron chi connectivity index (χ2n) is 3.14. The minimum atomic E-state index is 1.06. The average Bonchev–Trinajstić information content (AvgIpc) is 2.04. The predicted octanol–water partition coefficient (Wildman–Crippen LogP) is 3.42. The monoisotopic (exact) mass is 160 g/mol. The lowest BCUT2D eigenvalue weighted by atomic mass is 10.0. The van der Waals surface area contributed by atoms with Gasteiger partial charge in [-0.2, -0.15) is 0 Å². The summed E-state index contributed by atoms with van der Waals surface area (Å²) in [4.78, 5) is 0. The van der Waals surface area contributed by atoms with Crippen LogP contribution >= 0.6 is 0 Å². The van der Waals surface area contributed by atoms with E-state index in [1.54, 1.807) is 0 Å². The second kappa shape index (κ2) is 4.10. The van der Waals surface area contributed by atoms with E-state index in [1.807, 2.05) is 0 Å². The molecular formula is C12H16. The molecule has 0 saturated carbocycles. The maximum atomic E-state index is 2.20. The van der Waals surface area contributed by atoms with Gasteiger partial charge in [0, 0.05) is 0 Å². The van der Waals surface area contributed by atoms with Gasteiger partial charge in [-0.1, -0.05) is 30.4 Å². The van der Waals surface area contributed by atoms with Crippen LogP contribution in [0.3, 0.4) is 0 Å². The zero-order chi connectivity index (χ0) is 8.97. The molecule has 0 aliphatic heterocycles. The van der Waals surface area contributed by atoms with Crippen molar-refractivity contribution in [2.24, 2.45) is 0 Å². The molecule has 0 fully saturated rings. The Balaban J connectivity index is 2.96. The van der Waals surface area contributed by atoms with Crippen molar-refractivity contribution in [1.29, 1.82) is 0 Å². The number of rotatable bonds is 2. The summed E-state index contributed by atoms with van der Waals surface area (Å²) in [5.74, 6) is 0. The molecule has 0 N–H and O–H groups in total. The van der Waals surface area contributed by atoms with Gasteiger partial charge < -0.3 is 0 Å². The van der Waals surface area contributed by atoms with Gasteiger partial charge in [0.25, 0.3) is 0 Å². The van der Waals surface area contributed by atoms with Crippen molar-refractivity contribution in [2.45, 2.75) is 27.2 Å². The van der Waals surface area contributed by atoms with E-state index in [4.69, 9.17) is 0 Å². The Kier molecular flexibility index (Phi) is 3.09. The average molecular weight is 160 g/mol. The van der Waals surface area contributed by atoms with Crippen LogP contribution < -0.4 is 0 Å². The van der Waals surface area contributed by atoms with Gasteiger partial charge in [-0.3, -0.25) is 0 Å². The first-order chi connectivity index (χ1) is 5.75. The molecule has 0 amide bonds. The third kappa shape index (κ3) is 1.97. The Hall–Kier alpha value is -1.04. The van der Waals surface area contributed by atoms with E-state index < -0.39 is 0 Å². The highest BCUT2D eigenvalue weighted by Gasteiger charge is 1.97. The summed E-state index contributed by atoms with van der Waals surface area (Å²) in [5, 5.41) is 0. The smallest absolute Gasteiger partial charge is 0.00923 e. The maximum Gasteiger partial charge on any atom is -0.00923 e. The van der Waals surface area contributed by atoms with E-state index in [9.17, 15) is 0 Å². The van der Waals surface area contributed by atoms with Gasteiger partial charge in [-0.05, 0) is 43.9 Å². The molecule has 12 heavy (non-hydrogen) atoms. The van der Waals surface area contributed by atoms with Crippen LogP contribution in [0.25, 0.3) is 0 Å². The number of allylic oxidation sites excluding steroid dienone is 2. The first-order valence-corrected chi connectivity index (χ1v) is 4.42. The molecule has 0 aliphatic rings. The molecule has 0 saturated heterocycles. The minimum Gasteiger partial charge on any atom is -0.0913 e. The van der Waals surface area contributed by atoms with E-state index in [0.29, 0.717) is 0 Å². The number of hydrogen-bond acceptors (Lipinski definition) is 0. The van der Waals surface area contributed by atoms with Crippen molar-refractivity contribution in [1.82, 2.24) is 0 Å². The van der Waals surface area contributed by atoms with Crippen LogP contribution in [0.5, 0.6) is 0 Å². The molecular weight excluding hydrogens is 144 g/mol. The summed E-state index contributed by atoms with van der Waals surface area (Å²) < 4.78 is 0. The van der Waals surface area contributed by atoms with Crippen LogP contribution in [0.4, 0.5) is 0 Å². The van der Waals surface area contributed by atoms with Gasteiger partial charge in [-0.25, -0.2) is 0 Å². The topological polar surface area (TPSA) is 0 Å². The van der Waals surface area contributed by atoms with Crippen molar-refractivity contribution >= 4 is 0 Å². The summed E-state index contributed by atoms with van der Waals surface area (Å²) in [5.41, 5.74) is 4.26. The summed E-state index contributed by atoms with van der Waals surface area (Å²) in [6, 6.07) is 6.46. The van der Waals surface area contributed by atoms with Crippen LogP contribution in [-0.4, -0.2) is 0 Å². The van der Waals surface area contributed by atoms with Gasteiger partial charge in [0.1, 0.15) is 0 Å². The van der Waals surface area contributed by atoms with E-state index in [1.165, 1.54) is 16.7 Å². The van der Waals surface area contributed by atoms with Gasteiger partial charge in [-0.15, -0.1) is 0 Å². The SMILES string of the molecule is C/C=C\Cc1c(C)cccc1C. The number of hydrogen-bond donors (Lipinski definition) is 0. The van der Waals surface area contributed by atoms with Crippen molar-refractivity contribution in [3.63, 3.8) is 0 Å². The minimum absolute atomic E-state index is 1.06. The molecule has 0 spiro atoms. The zero-order valence-corrected chi connectivity index (χ0v) is 8.09. The Bertz CT molecular complexity index is 262. The van der Waals surface area contributed by atoms with Crippen molar-refractivity contribution in [3.05, 3.63) is 47.0 Å². The fourth-order valence-corrected chi connectivity index (χ4v) is 1.41. The molecule has 0 atom stereocenters. The van der Waals surface area contributed by atoms with Crippen LogP contribution in [0, 0.1) is 13.8 Å². The fraction of sp³-hybridized carbons (Fsp3) is 0.333. The highest BCUT2D eigenvalue weighted by molar-refractivity contribution is 5.34. The fourth-order valence-electron chi connectivity index (χ4n) is 1.41. The number of aryl methyl sites for hydroxylation is 2. The third-order valence-corrected chi connectivity index (χ3v) is 2.20. The van der Waals surface area contributed by atoms with E-state index in [2.05, 4.69) is 51.1 Å². The van der Waals surface area contributed by atoms with E-state index >= 15 is 0 Å². The van der Waals surface area contributed by atoms with Gasteiger partial charge in [0.15, 0.2) is 0 Å². The Morgan fingerprint density at radius 3 is 2.25 bits per heavy atom. The van der Waals surface area contributed by atoms with Gasteiger partial charge in [0.2, 0.25) is 0 Å². The molecule has 0 nitrogen and oxygen atoms in total. The normalized spacial score (nSPS) is 10.9. The van der Waals surface area contributed by atoms with Crippen molar-refractivity contribution in [3.8, 4) is 0 Å². The van der Waals surface area contributed by atoms with Crippen molar-refractivity contribution < 1.29 is 0 Å². The first kappa shape index (κ1) is 9.05. The van der Waals surface area contributed by atoms with Crippen LogP contribution in [0.15, 0.2) is 30.4 Å². The number of benzene rings is 1. The summed E-state index contributed by atoms with van der Waals surface area (Å²) >= 11 is 0. The van der Waals surface area contributed by atoms with Crippen LogP contribution in [0.2, 0.25) is 0 Å². The zero-order valence-electron chi connectivity index (χ0n) is 8.09.